The van der Waals surface area contributed by atoms with Crippen molar-refractivity contribution in [2.45, 2.75) is 32.9 Å². The molecule has 2 amide bonds. The summed E-state index contributed by atoms with van der Waals surface area (Å²) in [5, 5.41) is 2.89. The molecule has 5 nitrogen and oxygen atoms in total. The molecule has 126 valence electrons. The number of carbonyl (C=O) groups is 2. The van der Waals surface area contributed by atoms with Gasteiger partial charge in [-0.1, -0.05) is 29.8 Å². The molecule has 0 radical (unpaired) electrons. The van der Waals surface area contributed by atoms with Gasteiger partial charge in [-0.3, -0.25) is 9.59 Å². The topological polar surface area (TPSA) is 62.6 Å². The first kappa shape index (κ1) is 16.3. The number of nitrogens with one attached hydrogen (secondary N) is 1. The maximum absolute atomic E-state index is 12.6. The fourth-order valence-electron chi connectivity index (χ4n) is 3.21. The molecule has 1 aromatic carbocycles. The molecule has 2 aromatic rings. The molecule has 0 bridgehead atoms. The number of amides is 2. The molecule has 1 fully saturated rings. The zero-order chi connectivity index (χ0) is 17.3. The lowest BCUT2D eigenvalue weighted by molar-refractivity contribution is -0.128. The second-order valence-corrected chi connectivity index (χ2v) is 6.40. The highest BCUT2D eigenvalue weighted by molar-refractivity contribution is 5.90. The van der Waals surface area contributed by atoms with Gasteiger partial charge in [0.25, 0.3) is 0 Å². The van der Waals surface area contributed by atoms with Crippen LogP contribution < -0.4 is 5.32 Å². The summed E-state index contributed by atoms with van der Waals surface area (Å²) in [6, 6.07) is 11.5. The second-order valence-electron chi connectivity index (χ2n) is 6.40. The Hall–Kier alpha value is -2.56. The maximum atomic E-state index is 12.6. The van der Waals surface area contributed by atoms with E-state index in [2.05, 4.69) is 5.32 Å². The molecule has 2 atom stereocenters. The minimum atomic E-state index is -0.388. The van der Waals surface area contributed by atoms with Crippen LogP contribution >= 0.6 is 0 Å². The monoisotopic (exact) mass is 326 g/mol. The quantitative estimate of drug-likeness (QED) is 0.940. The Bertz CT molecular complexity index is 748. The van der Waals surface area contributed by atoms with Crippen LogP contribution in [0, 0.1) is 19.8 Å². The van der Waals surface area contributed by atoms with Gasteiger partial charge in [0.2, 0.25) is 11.8 Å². The summed E-state index contributed by atoms with van der Waals surface area (Å²) < 4.78 is 5.47. The van der Waals surface area contributed by atoms with Crippen molar-refractivity contribution in [1.82, 2.24) is 10.2 Å². The lowest BCUT2D eigenvalue weighted by Gasteiger charge is -2.25. The maximum Gasteiger partial charge on any atom is 0.226 e. The summed E-state index contributed by atoms with van der Waals surface area (Å²) >= 11 is 0. The number of hydrogen-bond acceptors (Lipinski definition) is 3. The Morgan fingerprint density at radius 2 is 1.92 bits per heavy atom. The van der Waals surface area contributed by atoms with Gasteiger partial charge < -0.3 is 14.6 Å². The largest absolute Gasteiger partial charge is 0.465 e. The highest BCUT2D eigenvalue weighted by Crippen LogP contribution is 2.37. The SMILES string of the molecule is Cc1ccc([C@H]2[C@@H](C(=O)NCc3ccc(C)o3)CC(=O)N2C)cc1. The molecule has 1 aliphatic heterocycles. The van der Waals surface area contributed by atoms with Gasteiger partial charge in [0.15, 0.2) is 0 Å². The molecular weight excluding hydrogens is 304 g/mol. The fraction of sp³-hybridized carbons (Fsp3) is 0.368. The number of hydrogen-bond donors (Lipinski definition) is 1. The summed E-state index contributed by atoms with van der Waals surface area (Å²) in [7, 11) is 1.76. The van der Waals surface area contributed by atoms with Gasteiger partial charge >= 0.3 is 0 Å². The fourth-order valence-corrected chi connectivity index (χ4v) is 3.21. The van der Waals surface area contributed by atoms with Crippen molar-refractivity contribution in [3.05, 3.63) is 59.0 Å². The Labute approximate surface area is 141 Å². The summed E-state index contributed by atoms with van der Waals surface area (Å²) in [5.74, 6) is 1.01. The number of aryl methyl sites for hydroxylation is 2. The summed E-state index contributed by atoms with van der Waals surface area (Å²) in [6.07, 6.45) is 0.234. The molecule has 24 heavy (non-hydrogen) atoms. The number of benzene rings is 1. The van der Waals surface area contributed by atoms with Crippen molar-refractivity contribution in [1.29, 1.82) is 0 Å². The van der Waals surface area contributed by atoms with Gasteiger partial charge in [0.1, 0.15) is 11.5 Å². The van der Waals surface area contributed by atoms with Gasteiger partial charge in [0, 0.05) is 13.5 Å². The highest BCUT2D eigenvalue weighted by atomic mass is 16.3. The number of likely N-dealkylation sites (tertiary alicyclic amines) is 1. The molecule has 0 aliphatic carbocycles. The number of nitrogens with zero attached hydrogens (tertiary/aromatic N) is 1. The van der Waals surface area contributed by atoms with Crippen LogP contribution in [0.2, 0.25) is 0 Å². The van der Waals surface area contributed by atoms with Crippen LogP contribution in [0.5, 0.6) is 0 Å². The molecule has 5 heteroatoms. The molecule has 0 spiro atoms. The van der Waals surface area contributed by atoms with Gasteiger partial charge in [-0.2, -0.15) is 0 Å². The molecule has 2 heterocycles. The van der Waals surface area contributed by atoms with Crippen molar-refractivity contribution < 1.29 is 14.0 Å². The first-order valence-corrected chi connectivity index (χ1v) is 8.11. The van der Waals surface area contributed by atoms with Gasteiger partial charge in [-0.15, -0.1) is 0 Å². The summed E-state index contributed by atoms with van der Waals surface area (Å²) in [4.78, 5) is 26.5. The van der Waals surface area contributed by atoms with Crippen molar-refractivity contribution >= 4 is 11.8 Å². The molecule has 3 rings (SSSR count). The van der Waals surface area contributed by atoms with E-state index in [9.17, 15) is 9.59 Å². The predicted octanol–water partition coefficient (Wildman–Crippen LogP) is 2.73. The molecule has 1 N–H and O–H groups in total. The molecule has 1 aromatic heterocycles. The van der Waals surface area contributed by atoms with E-state index in [1.807, 2.05) is 50.2 Å². The van der Waals surface area contributed by atoms with E-state index in [0.29, 0.717) is 12.3 Å². The summed E-state index contributed by atoms with van der Waals surface area (Å²) in [6.45, 7) is 4.22. The number of rotatable bonds is 4. The highest BCUT2D eigenvalue weighted by Gasteiger charge is 2.42. The van der Waals surface area contributed by atoms with Gasteiger partial charge in [0.05, 0.1) is 18.5 Å². The predicted molar refractivity (Wildman–Crippen MR) is 90.1 cm³/mol. The first-order chi connectivity index (χ1) is 11.5. The number of carbonyl (C=O) groups excluding carboxylic acids is 2. The first-order valence-electron chi connectivity index (χ1n) is 8.11. The van der Waals surface area contributed by atoms with Crippen LogP contribution in [-0.2, 0) is 16.1 Å². The Morgan fingerprint density at radius 3 is 2.54 bits per heavy atom. The van der Waals surface area contributed by atoms with Crippen LogP contribution in [0.3, 0.4) is 0 Å². The van der Waals surface area contributed by atoms with Crippen LogP contribution in [0.25, 0.3) is 0 Å². The van der Waals surface area contributed by atoms with E-state index < -0.39 is 0 Å². The minimum absolute atomic E-state index is 0.00503. The third-order valence-electron chi connectivity index (χ3n) is 4.57. The van der Waals surface area contributed by atoms with Crippen molar-refractivity contribution in [3.8, 4) is 0 Å². The second kappa shape index (κ2) is 6.51. The van der Waals surface area contributed by atoms with E-state index in [4.69, 9.17) is 4.42 Å². The average Bonchev–Trinajstić information content (AvgIpc) is 3.10. The summed E-state index contributed by atoms with van der Waals surface area (Å²) in [5.41, 5.74) is 2.14. The van der Waals surface area contributed by atoms with E-state index in [1.54, 1.807) is 11.9 Å². The van der Waals surface area contributed by atoms with E-state index in [1.165, 1.54) is 0 Å². The molecule has 0 saturated carbocycles. The molecule has 1 saturated heterocycles. The third kappa shape index (κ3) is 3.20. The van der Waals surface area contributed by atoms with Gasteiger partial charge in [-0.05, 0) is 31.5 Å². The Balaban J connectivity index is 1.75. The molecule has 1 aliphatic rings. The van der Waals surface area contributed by atoms with Crippen LogP contribution in [0.1, 0.15) is 35.1 Å². The lowest BCUT2D eigenvalue weighted by atomic mass is 9.92. The van der Waals surface area contributed by atoms with Crippen LogP contribution in [0.4, 0.5) is 0 Å². The van der Waals surface area contributed by atoms with Crippen LogP contribution in [-0.4, -0.2) is 23.8 Å². The Kier molecular flexibility index (Phi) is 4.42. The normalized spacial score (nSPS) is 20.5. The lowest BCUT2D eigenvalue weighted by Crippen LogP contribution is -2.34. The van der Waals surface area contributed by atoms with Crippen molar-refractivity contribution in [3.63, 3.8) is 0 Å². The molecule has 0 unspecified atom stereocenters. The van der Waals surface area contributed by atoms with E-state index >= 15 is 0 Å². The standard InChI is InChI=1S/C19H22N2O3/c1-12-4-7-14(8-5-12)18-16(10-17(22)21(18)3)19(23)20-11-15-9-6-13(2)24-15/h4-9,16,18H,10-11H2,1-3H3,(H,20,23)/t16-,18-/m0/s1. The van der Waals surface area contributed by atoms with E-state index in [0.717, 1.165) is 16.9 Å². The van der Waals surface area contributed by atoms with E-state index in [-0.39, 0.29) is 30.2 Å². The smallest absolute Gasteiger partial charge is 0.226 e. The minimum Gasteiger partial charge on any atom is -0.465 e. The zero-order valence-electron chi connectivity index (χ0n) is 14.2. The van der Waals surface area contributed by atoms with Crippen LogP contribution in [0.15, 0.2) is 40.8 Å². The number of furan rings is 1. The average molecular weight is 326 g/mol. The molecular formula is C19H22N2O3. The van der Waals surface area contributed by atoms with Crippen molar-refractivity contribution in [2.75, 3.05) is 7.05 Å². The van der Waals surface area contributed by atoms with Crippen molar-refractivity contribution in [2.24, 2.45) is 5.92 Å². The zero-order valence-corrected chi connectivity index (χ0v) is 14.2. The third-order valence-corrected chi connectivity index (χ3v) is 4.57. The Morgan fingerprint density at radius 1 is 1.21 bits per heavy atom. The van der Waals surface area contributed by atoms with Gasteiger partial charge in [-0.25, -0.2) is 0 Å².